The van der Waals surface area contributed by atoms with Crippen molar-refractivity contribution in [3.8, 4) is 45.2 Å². The Morgan fingerprint density at radius 1 is 0.636 bits per heavy atom. The number of nitrogens with zero attached hydrogens (tertiary/aromatic N) is 5. The third-order valence-electron chi connectivity index (χ3n) is 12.8. The van der Waals surface area contributed by atoms with Crippen molar-refractivity contribution in [2.75, 3.05) is 32.8 Å². The largest absolute Gasteiger partial charge is 0.461 e. The zero-order valence-corrected chi connectivity index (χ0v) is 45.6. The number of benzene rings is 4. The normalized spacial score (nSPS) is 12.2. The van der Waals surface area contributed by atoms with E-state index in [0.29, 0.717) is 31.1 Å². The van der Waals surface area contributed by atoms with Crippen molar-refractivity contribution in [2.24, 2.45) is 4.99 Å². The van der Waals surface area contributed by atoms with E-state index in [1.54, 1.807) is 24.8 Å². The Labute approximate surface area is 450 Å². The minimum Gasteiger partial charge on any atom is -0.461 e. The van der Waals surface area contributed by atoms with E-state index < -0.39 is 11.9 Å². The van der Waals surface area contributed by atoms with Crippen molar-refractivity contribution in [2.45, 2.75) is 101 Å². The van der Waals surface area contributed by atoms with Gasteiger partial charge in [0.2, 0.25) is 6.08 Å². The lowest BCUT2D eigenvalue weighted by Gasteiger charge is -2.18. The molecule has 10 rings (SSSR count). The molecule has 77 heavy (non-hydrogen) atoms. The van der Waals surface area contributed by atoms with E-state index in [1.807, 2.05) is 137 Å². The molecule has 0 aliphatic carbocycles. The average Bonchev–Trinajstić information content (AvgIpc) is 4.33. The Morgan fingerprint density at radius 2 is 1.13 bits per heavy atom. The smallest absolute Gasteiger partial charge is 0.356 e. The number of urea groups is 1. The molecule has 4 aromatic heterocycles. The zero-order chi connectivity index (χ0) is 55.0. The number of ether oxygens (including phenoxy) is 2. The topological polar surface area (TPSA) is 182 Å². The lowest BCUT2D eigenvalue weighted by Crippen LogP contribution is -2.40. The maximum absolute atomic E-state index is 12.7. The van der Waals surface area contributed by atoms with Crippen molar-refractivity contribution < 1.29 is 37.5 Å². The van der Waals surface area contributed by atoms with Gasteiger partial charge in [-0.3, -0.25) is 0 Å². The number of isocyanates is 1. The average molecular weight is 1040 g/mol. The van der Waals surface area contributed by atoms with Gasteiger partial charge >= 0.3 is 18.0 Å². The summed E-state index contributed by atoms with van der Waals surface area (Å²) in [6, 6.07) is 39.4. The lowest BCUT2D eigenvalue weighted by molar-refractivity contribution is 0.0510. The fraction of sp³-hybridized carbons (Fsp3) is 0.323. The summed E-state index contributed by atoms with van der Waals surface area (Å²) >= 11 is 0. The number of para-hydroxylation sites is 2. The van der Waals surface area contributed by atoms with Crippen LogP contribution in [0.5, 0.6) is 0 Å². The van der Waals surface area contributed by atoms with Crippen LogP contribution in [0.15, 0.2) is 135 Å². The van der Waals surface area contributed by atoms with E-state index in [1.165, 1.54) is 25.7 Å². The summed E-state index contributed by atoms with van der Waals surface area (Å²) in [6.45, 7) is 24.0. The molecule has 15 nitrogen and oxygen atoms in total. The molecule has 2 amide bonds. The third-order valence-corrected chi connectivity index (χ3v) is 12.8. The van der Waals surface area contributed by atoms with Crippen LogP contribution in [0.4, 0.5) is 4.79 Å². The molecule has 15 heteroatoms. The molecule has 4 aromatic carbocycles. The highest BCUT2D eigenvalue weighted by atomic mass is 16.5. The first kappa shape index (κ1) is 56.5. The maximum atomic E-state index is 12.7. The van der Waals surface area contributed by atoms with Gasteiger partial charge in [-0.25, -0.2) is 34.1 Å². The van der Waals surface area contributed by atoms with Gasteiger partial charge in [0, 0.05) is 64.3 Å². The van der Waals surface area contributed by atoms with Gasteiger partial charge in [0.1, 0.15) is 34.1 Å². The van der Waals surface area contributed by atoms with E-state index in [9.17, 15) is 19.2 Å². The fourth-order valence-corrected chi connectivity index (χ4v) is 8.94. The van der Waals surface area contributed by atoms with Crippen molar-refractivity contribution >= 4 is 46.0 Å². The van der Waals surface area contributed by atoms with E-state index in [4.69, 9.17) is 23.3 Å². The third kappa shape index (κ3) is 14.4. The molecule has 0 bridgehead atoms. The summed E-state index contributed by atoms with van der Waals surface area (Å²) in [5.74, 6) is 0.695. The van der Waals surface area contributed by atoms with E-state index >= 15 is 0 Å². The van der Waals surface area contributed by atoms with Crippen LogP contribution in [0.3, 0.4) is 0 Å². The Morgan fingerprint density at radius 3 is 1.57 bits per heavy atom. The summed E-state index contributed by atoms with van der Waals surface area (Å²) in [6.07, 6.45) is 1.44. The van der Waals surface area contributed by atoms with Crippen LogP contribution >= 0.6 is 0 Å². The molecule has 0 saturated heterocycles. The summed E-state index contributed by atoms with van der Waals surface area (Å²) in [5.41, 5.74) is 11.5. The van der Waals surface area contributed by atoms with Crippen molar-refractivity contribution in [1.82, 2.24) is 30.4 Å². The van der Waals surface area contributed by atoms with Gasteiger partial charge in [-0.05, 0) is 126 Å². The highest BCUT2D eigenvalue weighted by Crippen LogP contribution is 2.37. The number of fused-ring (bicyclic) bond motifs is 4. The first-order chi connectivity index (χ1) is 37.3. The van der Waals surface area contributed by atoms with E-state index in [-0.39, 0.29) is 30.4 Å². The Kier molecular flexibility index (Phi) is 19.8. The van der Waals surface area contributed by atoms with Crippen LogP contribution in [0, 0.1) is 0 Å². The number of carbonyl (C=O) groups is 3. The summed E-state index contributed by atoms with van der Waals surface area (Å²) < 4.78 is 22.5. The number of rotatable bonds is 13. The van der Waals surface area contributed by atoms with E-state index in [0.717, 1.165) is 96.8 Å². The standard InChI is InChI=1S/C28H27N3O4.C24H20N2O3.C6H15N.C4H7NO/c1-4-34-27(32)23-13-21-15-31(28(33)29-17(2)3)16-22(21)26(30-23)20-10-7-9-18(12-20)25-14-19-8-5-6-11-24(19)35-25;1-2-28-24(27)20-11-18-13-25-14-19(18)23(26-20)17-8-5-7-15(10-17)22-12-16-6-3-4-9-21(16)29-22;1-4-7(5-2)6-3;1-4(2)5-3-6/h5-14,17H,4,15-16H2,1-3H3,(H,29,33);3-12,25H,2,13-14H2,1H3;4-6H2,1-3H3;4H,1-2H3. The van der Waals surface area contributed by atoms with Gasteiger partial charge in [0.25, 0.3) is 0 Å². The summed E-state index contributed by atoms with van der Waals surface area (Å²) in [4.78, 5) is 63.7. The second-order valence-electron chi connectivity index (χ2n) is 18.9. The number of esters is 2. The SMILES string of the molecule is CC(C)N=C=O.CCN(CC)CC.CCOC(=O)c1cc2c(c(-c3cccc(-c4cc5ccccc5o4)c3)n1)CN(C(=O)NC(C)C)C2.CCOC(=O)c1cc2c(c(-c3cccc(-c4cc5ccccc5o4)c3)n1)CNC2. The molecule has 0 fully saturated rings. The minimum atomic E-state index is -0.477. The predicted molar refractivity (Wildman–Crippen MR) is 302 cm³/mol. The fourth-order valence-electron chi connectivity index (χ4n) is 8.94. The number of carbonyl (C=O) groups excluding carboxylic acids is 4. The number of nitrogens with one attached hydrogen (secondary N) is 2. The molecule has 0 spiro atoms. The van der Waals surface area contributed by atoms with Crippen LogP contribution in [-0.4, -0.2) is 88.7 Å². The molecule has 0 radical (unpaired) electrons. The monoisotopic (exact) mass is 1040 g/mol. The van der Waals surface area contributed by atoms with Gasteiger partial charge in [0.05, 0.1) is 37.2 Å². The second kappa shape index (κ2) is 27.0. The molecule has 2 aliphatic heterocycles. The number of aliphatic imine (C=N–C) groups is 1. The van der Waals surface area contributed by atoms with Crippen LogP contribution < -0.4 is 10.6 Å². The van der Waals surface area contributed by atoms with Crippen molar-refractivity contribution in [1.29, 1.82) is 0 Å². The minimum absolute atomic E-state index is 0.0272. The first-order valence-electron chi connectivity index (χ1n) is 26.4. The molecule has 2 aliphatic rings. The van der Waals surface area contributed by atoms with Crippen LogP contribution in [0.2, 0.25) is 0 Å². The number of aromatic nitrogens is 2. The Balaban J connectivity index is 0.000000184. The molecule has 8 aromatic rings. The summed E-state index contributed by atoms with van der Waals surface area (Å²) in [5, 5.41) is 8.39. The van der Waals surface area contributed by atoms with Crippen LogP contribution in [-0.2, 0) is 40.4 Å². The van der Waals surface area contributed by atoms with Gasteiger partial charge in [-0.15, -0.1) is 0 Å². The maximum Gasteiger partial charge on any atom is 0.356 e. The van der Waals surface area contributed by atoms with Gasteiger partial charge in [-0.2, -0.15) is 0 Å². The highest BCUT2D eigenvalue weighted by molar-refractivity contribution is 5.91. The van der Waals surface area contributed by atoms with Crippen LogP contribution in [0.1, 0.15) is 106 Å². The lowest BCUT2D eigenvalue weighted by atomic mass is 9.99. The number of amides is 2. The predicted octanol–water partition coefficient (Wildman–Crippen LogP) is 12.8. The van der Waals surface area contributed by atoms with Gasteiger partial charge in [-0.1, -0.05) is 93.6 Å². The molecular weight excluding hydrogens is 971 g/mol. The van der Waals surface area contributed by atoms with Gasteiger partial charge < -0.3 is 38.7 Å². The van der Waals surface area contributed by atoms with Crippen LogP contribution in [0.25, 0.3) is 67.1 Å². The second-order valence-corrected chi connectivity index (χ2v) is 18.9. The number of hydrogen-bond donors (Lipinski definition) is 2. The molecular formula is C62H69N7O8. The molecule has 0 saturated carbocycles. The summed E-state index contributed by atoms with van der Waals surface area (Å²) in [7, 11) is 0. The quantitative estimate of drug-likeness (QED) is 0.0634. The van der Waals surface area contributed by atoms with E-state index in [2.05, 4.69) is 52.3 Å². The molecule has 2 N–H and O–H groups in total. The molecule has 400 valence electrons. The molecule has 0 unspecified atom stereocenters. The molecule has 6 heterocycles. The highest BCUT2D eigenvalue weighted by Gasteiger charge is 2.30. The number of hydrogen-bond acceptors (Lipinski definition) is 13. The number of furan rings is 2. The molecule has 0 atom stereocenters. The van der Waals surface area contributed by atoms with Crippen molar-refractivity contribution in [3.63, 3.8) is 0 Å². The van der Waals surface area contributed by atoms with Crippen molar-refractivity contribution in [3.05, 3.63) is 155 Å². The zero-order valence-electron chi connectivity index (χ0n) is 45.6. The first-order valence-corrected chi connectivity index (χ1v) is 26.4. The van der Waals surface area contributed by atoms with Gasteiger partial charge in [0.15, 0.2) is 0 Å². The Hall–Kier alpha value is -8.23. The Bertz CT molecular complexity index is 3300. The number of pyridine rings is 2.